The number of nitrogens with one attached hydrogen (secondary N) is 1. The Labute approximate surface area is 190 Å². The fraction of sp³-hybridized carbons (Fsp3) is 0.500. The molecule has 2 aliphatic rings. The summed E-state index contributed by atoms with van der Waals surface area (Å²) in [4.78, 5) is 15.2. The molecule has 2 fully saturated rings. The highest BCUT2D eigenvalue weighted by molar-refractivity contribution is 5.92. The first-order valence-electron chi connectivity index (χ1n) is 11.5. The van der Waals surface area contributed by atoms with Crippen LogP contribution in [0, 0.1) is 12.8 Å². The molecule has 0 radical (unpaired) electrons. The maximum Gasteiger partial charge on any atom is 0.238 e. The standard InChI is InChI=1S/C26H34N2O4/c1-18-7-10-20(11-8-18)27-24(29)17-28-15-14-26(30)13-5-4-6-21(26)25(28)19-9-12-22(31-2)23(16-19)32-3/h7-12,16,21,25,30H,4-6,13-15,17H2,1-3H3,(H,27,29)/t21-,25+,26+/m1/s1. The average molecular weight is 439 g/mol. The molecule has 32 heavy (non-hydrogen) atoms. The summed E-state index contributed by atoms with van der Waals surface area (Å²) in [7, 11) is 3.26. The van der Waals surface area contributed by atoms with Crippen LogP contribution in [0.15, 0.2) is 42.5 Å². The Hall–Kier alpha value is -2.57. The second-order valence-corrected chi connectivity index (χ2v) is 9.15. The second kappa shape index (κ2) is 9.51. The van der Waals surface area contributed by atoms with Gasteiger partial charge in [0.25, 0.3) is 0 Å². The molecule has 172 valence electrons. The molecule has 1 amide bonds. The van der Waals surface area contributed by atoms with Crippen LogP contribution in [0.5, 0.6) is 11.5 Å². The lowest BCUT2D eigenvalue weighted by Crippen LogP contribution is -2.56. The smallest absolute Gasteiger partial charge is 0.238 e. The third-order valence-electron chi connectivity index (χ3n) is 7.10. The number of amides is 1. The van der Waals surface area contributed by atoms with Gasteiger partial charge in [-0.25, -0.2) is 0 Å². The fourth-order valence-corrected chi connectivity index (χ4v) is 5.42. The summed E-state index contributed by atoms with van der Waals surface area (Å²) in [5.41, 5.74) is 2.33. The molecule has 0 spiro atoms. The molecular weight excluding hydrogens is 404 g/mol. The van der Waals surface area contributed by atoms with Crippen molar-refractivity contribution in [3.05, 3.63) is 53.6 Å². The van der Waals surface area contributed by atoms with Crippen LogP contribution in [0.25, 0.3) is 0 Å². The maximum absolute atomic E-state index is 12.9. The van der Waals surface area contributed by atoms with Crippen molar-refractivity contribution >= 4 is 11.6 Å². The lowest BCUT2D eigenvalue weighted by Gasteiger charge is -2.52. The molecule has 0 bridgehead atoms. The van der Waals surface area contributed by atoms with E-state index in [-0.39, 0.29) is 24.4 Å². The Morgan fingerprint density at radius 2 is 1.84 bits per heavy atom. The first kappa shape index (κ1) is 22.6. The van der Waals surface area contributed by atoms with Crippen molar-refractivity contribution in [2.24, 2.45) is 5.92 Å². The van der Waals surface area contributed by atoms with E-state index in [0.29, 0.717) is 24.5 Å². The van der Waals surface area contributed by atoms with E-state index < -0.39 is 5.60 Å². The minimum absolute atomic E-state index is 0.0411. The van der Waals surface area contributed by atoms with E-state index in [0.717, 1.165) is 42.5 Å². The van der Waals surface area contributed by atoms with Gasteiger partial charge in [-0.1, -0.05) is 36.6 Å². The Balaban J connectivity index is 1.61. The van der Waals surface area contributed by atoms with Crippen LogP contribution in [-0.4, -0.2) is 48.8 Å². The average Bonchev–Trinajstić information content (AvgIpc) is 2.80. The van der Waals surface area contributed by atoms with Gasteiger partial charge in [0.05, 0.1) is 26.4 Å². The first-order chi connectivity index (χ1) is 15.4. The molecule has 1 aliphatic carbocycles. The second-order valence-electron chi connectivity index (χ2n) is 9.15. The summed E-state index contributed by atoms with van der Waals surface area (Å²) in [6, 6.07) is 13.7. The minimum atomic E-state index is -0.681. The molecule has 2 aromatic carbocycles. The quantitative estimate of drug-likeness (QED) is 0.703. The number of rotatable bonds is 6. The van der Waals surface area contributed by atoms with Crippen molar-refractivity contribution in [2.45, 2.75) is 50.7 Å². The van der Waals surface area contributed by atoms with Crippen LogP contribution in [0.3, 0.4) is 0 Å². The lowest BCUT2D eigenvalue weighted by molar-refractivity contribution is -0.135. The van der Waals surface area contributed by atoms with Gasteiger partial charge < -0.3 is 19.9 Å². The highest BCUT2D eigenvalue weighted by atomic mass is 16.5. The van der Waals surface area contributed by atoms with Gasteiger partial charge in [-0.05, 0) is 56.0 Å². The van der Waals surface area contributed by atoms with Crippen molar-refractivity contribution in [3.63, 3.8) is 0 Å². The number of methoxy groups -OCH3 is 2. The summed E-state index contributed by atoms with van der Waals surface area (Å²) >= 11 is 0. The van der Waals surface area contributed by atoms with E-state index in [1.807, 2.05) is 49.4 Å². The molecule has 1 saturated heterocycles. The number of aryl methyl sites for hydroxylation is 1. The van der Waals surface area contributed by atoms with Crippen LogP contribution < -0.4 is 14.8 Å². The Kier molecular flexibility index (Phi) is 6.72. The van der Waals surface area contributed by atoms with Crippen molar-refractivity contribution in [2.75, 3.05) is 32.6 Å². The van der Waals surface area contributed by atoms with E-state index in [9.17, 15) is 9.90 Å². The molecule has 4 rings (SSSR count). The third kappa shape index (κ3) is 4.62. The monoisotopic (exact) mass is 438 g/mol. The largest absolute Gasteiger partial charge is 0.493 e. The maximum atomic E-state index is 12.9. The zero-order valence-electron chi connectivity index (χ0n) is 19.3. The van der Waals surface area contributed by atoms with Crippen LogP contribution in [0.2, 0.25) is 0 Å². The molecular formula is C26H34N2O4. The van der Waals surface area contributed by atoms with E-state index in [1.54, 1.807) is 14.2 Å². The van der Waals surface area contributed by atoms with Crippen LogP contribution in [-0.2, 0) is 4.79 Å². The molecule has 3 atom stereocenters. The normalized spacial score (nSPS) is 25.6. The number of carbonyl (C=O) groups excluding carboxylic acids is 1. The summed E-state index contributed by atoms with van der Waals surface area (Å²) in [6.07, 6.45) is 4.62. The summed E-state index contributed by atoms with van der Waals surface area (Å²) in [5, 5.41) is 14.5. The van der Waals surface area contributed by atoms with Gasteiger partial charge in [-0.15, -0.1) is 0 Å². The van der Waals surface area contributed by atoms with Crippen LogP contribution >= 0.6 is 0 Å². The number of hydrogen-bond donors (Lipinski definition) is 2. The van der Waals surface area contributed by atoms with Crippen LogP contribution in [0.1, 0.15) is 49.3 Å². The molecule has 1 saturated carbocycles. The van der Waals surface area contributed by atoms with Crippen molar-refractivity contribution in [3.8, 4) is 11.5 Å². The molecule has 1 heterocycles. The van der Waals surface area contributed by atoms with Gasteiger partial charge in [0.2, 0.25) is 5.91 Å². The van der Waals surface area contributed by atoms with Gasteiger partial charge in [0.15, 0.2) is 11.5 Å². The number of hydrogen-bond acceptors (Lipinski definition) is 5. The molecule has 0 aromatic heterocycles. The SMILES string of the molecule is COc1ccc([C@H]2[C@H]3CCCC[C@]3(O)CCN2CC(=O)Nc2ccc(C)cc2)cc1OC. The van der Waals surface area contributed by atoms with Crippen molar-refractivity contribution < 1.29 is 19.4 Å². The van der Waals surface area contributed by atoms with E-state index in [2.05, 4.69) is 10.2 Å². The predicted octanol–water partition coefficient (Wildman–Crippen LogP) is 4.32. The lowest BCUT2D eigenvalue weighted by atomic mass is 9.66. The highest BCUT2D eigenvalue weighted by Gasteiger charge is 2.49. The van der Waals surface area contributed by atoms with Gasteiger partial charge in [0, 0.05) is 24.2 Å². The topological polar surface area (TPSA) is 71.0 Å². The van der Waals surface area contributed by atoms with E-state index >= 15 is 0 Å². The van der Waals surface area contributed by atoms with Crippen LogP contribution in [0.4, 0.5) is 5.69 Å². The number of fused-ring (bicyclic) bond motifs is 1. The summed E-state index contributed by atoms with van der Waals surface area (Å²) in [5.74, 6) is 1.38. The van der Waals surface area contributed by atoms with Gasteiger partial charge in [0.1, 0.15) is 0 Å². The molecule has 6 nitrogen and oxygen atoms in total. The van der Waals surface area contributed by atoms with E-state index in [4.69, 9.17) is 9.47 Å². The number of piperidine rings is 1. The van der Waals surface area contributed by atoms with E-state index in [1.165, 1.54) is 0 Å². The van der Waals surface area contributed by atoms with Crippen molar-refractivity contribution in [1.82, 2.24) is 4.90 Å². The number of ether oxygens (including phenoxy) is 2. The zero-order valence-corrected chi connectivity index (χ0v) is 19.3. The molecule has 6 heteroatoms. The number of aliphatic hydroxyl groups is 1. The molecule has 2 aromatic rings. The summed E-state index contributed by atoms with van der Waals surface area (Å²) in [6.45, 7) is 2.98. The summed E-state index contributed by atoms with van der Waals surface area (Å²) < 4.78 is 11.0. The Bertz CT molecular complexity index is 945. The zero-order chi connectivity index (χ0) is 22.7. The van der Waals surface area contributed by atoms with Gasteiger partial charge in [-0.2, -0.15) is 0 Å². The van der Waals surface area contributed by atoms with Crippen molar-refractivity contribution in [1.29, 1.82) is 0 Å². The fourth-order valence-electron chi connectivity index (χ4n) is 5.42. The molecule has 1 aliphatic heterocycles. The number of anilines is 1. The number of likely N-dealkylation sites (tertiary alicyclic amines) is 1. The third-order valence-corrected chi connectivity index (χ3v) is 7.10. The minimum Gasteiger partial charge on any atom is -0.493 e. The van der Waals surface area contributed by atoms with Gasteiger partial charge >= 0.3 is 0 Å². The highest BCUT2D eigenvalue weighted by Crippen LogP contribution is 2.50. The Morgan fingerprint density at radius 1 is 1.09 bits per heavy atom. The molecule has 0 unspecified atom stereocenters. The number of carbonyl (C=O) groups is 1. The van der Waals surface area contributed by atoms with Gasteiger partial charge in [-0.3, -0.25) is 9.69 Å². The molecule has 2 N–H and O–H groups in total. The number of nitrogens with zero attached hydrogens (tertiary/aromatic N) is 1. The first-order valence-corrected chi connectivity index (χ1v) is 11.5. The Morgan fingerprint density at radius 3 is 2.56 bits per heavy atom. The predicted molar refractivity (Wildman–Crippen MR) is 125 cm³/mol. The number of benzene rings is 2.